The third-order valence-corrected chi connectivity index (χ3v) is 2.74. The first-order valence-electron chi connectivity index (χ1n) is 4.87. The van der Waals surface area contributed by atoms with Gasteiger partial charge in [-0.3, -0.25) is 4.79 Å². The highest BCUT2D eigenvalue weighted by Gasteiger charge is 2.60. The Morgan fingerprint density at radius 3 is 2.47 bits per heavy atom. The number of carbonyl (C=O) groups excluding carboxylic acids is 1. The van der Waals surface area contributed by atoms with Crippen LogP contribution in [0.1, 0.15) is 12.5 Å². The largest absolute Gasteiger partial charge is 0.451 e. The average Bonchev–Trinajstić information content (AvgIpc) is 3.01. The van der Waals surface area contributed by atoms with Gasteiger partial charge < -0.3 is 9.47 Å². The van der Waals surface area contributed by atoms with Gasteiger partial charge in [-0.1, -0.05) is 30.3 Å². The van der Waals surface area contributed by atoms with E-state index in [0.29, 0.717) is 17.9 Å². The topological polar surface area (TPSA) is 38.8 Å². The molecule has 0 amide bonds. The van der Waals surface area contributed by atoms with Gasteiger partial charge in [-0.2, -0.15) is 0 Å². The van der Waals surface area contributed by atoms with Gasteiger partial charge in [0.1, 0.15) is 12.4 Å². The molecule has 1 atom stereocenters. The molecule has 0 radical (unpaired) electrons. The fourth-order valence-corrected chi connectivity index (χ4v) is 1.80. The maximum Gasteiger partial charge on any atom is 0.299 e. The number of hydrogen-bond acceptors (Lipinski definition) is 3. The summed E-state index contributed by atoms with van der Waals surface area (Å²) >= 11 is 0. The highest BCUT2D eigenvalue weighted by atomic mass is 16.8. The zero-order valence-corrected chi connectivity index (χ0v) is 8.32. The highest BCUT2D eigenvalue weighted by Crippen LogP contribution is 2.44. The van der Waals surface area contributed by atoms with Crippen molar-refractivity contribution in [3.63, 3.8) is 0 Å². The molecule has 0 bridgehead atoms. The Kier molecular flexibility index (Phi) is 1.56. The van der Waals surface area contributed by atoms with Gasteiger partial charge in [-0.05, 0) is 6.92 Å². The average molecular weight is 202 g/mol. The summed E-state index contributed by atoms with van der Waals surface area (Å²) < 4.78 is 10.7. The predicted molar refractivity (Wildman–Crippen MR) is 53.8 cm³/mol. The molecule has 0 N–H and O–H groups in total. The van der Waals surface area contributed by atoms with E-state index in [0.717, 1.165) is 5.56 Å². The van der Waals surface area contributed by atoms with Crippen LogP contribution in [0.4, 0.5) is 0 Å². The number of ether oxygens (including phenoxy) is 2. The van der Waals surface area contributed by atoms with Gasteiger partial charge in [-0.25, -0.2) is 0 Å². The fraction of sp³-hybridized carbons (Fsp3) is 0.250. The molecule has 0 aliphatic carbocycles. The monoisotopic (exact) mass is 202 g/mol. The van der Waals surface area contributed by atoms with E-state index in [2.05, 4.69) is 0 Å². The molecule has 3 rings (SSSR count). The molecule has 15 heavy (non-hydrogen) atoms. The summed E-state index contributed by atoms with van der Waals surface area (Å²) in [7, 11) is 0. The Morgan fingerprint density at radius 1 is 1.27 bits per heavy atom. The van der Waals surface area contributed by atoms with Crippen molar-refractivity contribution < 1.29 is 14.3 Å². The smallest absolute Gasteiger partial charge is 0.299 e. The minimum Gasteiger partial charge on any atom is -0.451 e. The molecule has 2 aliphatic rings. The molecule has 2 heterocycles. The van der Waals surface area contributed by atoms with Crippen molar-refractivity contribution in [1.82, 2.24) is 0 Å². The normalized spacial score (nSPS) is 28.5. The fourth-order valence-electron chi connectivity index (χ4n) is 1.80. The van der Waals surface area contributed by atoms with Crippen LogP contribution in [-0.4, -0.2) is 18.2 Å². The lowest BCUT2D eigenvalue weighted by molar-refractivity contribution is -0.128. The van der Waals surface area contributed by atoms with Crippen LogP contribution in [0.15, 0.2) is 35.9 Å². The molecule has 3 nitrogen and oxygen atoms in total. The van der Waals surface area contributed by atoms with Crippen LogP contribution >= 0.6 is 0 Å². The van der Waals surface area contributed by atoms with Gasteiger partial charge in [0.15, 0.2) is 0 Å². The molecule has 1 spiro atoms. The minimum absolute atomic E-state index is 0.0404. The van der Waals surface area contributed by atoms with Gasteiger partial charge in [0, 0.05) is 11.1 Å². The number of rotatable bonds is 1. The summed E-state index contributed by atoms with van der Waals surface area (Å²) in [5.74, 6) is -0.352. The number of Topliss-reactive ketones (excluding diaryl/α,β-unsaturated/α-hetero) is 1. The molecule has 1 aromatic carbocycles. The number of ketones is 1. The maximum atomic E-state index is 11.8. The van der Waals surface area contributed by atoms with Crippen molar-refractivity contribution in [1.29, 1.82) is 0 Å². The van der Waals surface area contributed by atoms with Gasteiger partial charge >= 0.3 is 0 Å². The van der Waals surface area contributed by atoms with Gasteiger partial charge in [0.2, 0.25) is 5.78 Å². The Hall–Kier alpha value is -1.61. The van der Waals surface area contributed by atoms with E-state index in [1.807, 2.05) is 30.3 Å². The zero-order chi connectivity index (χ0) is 10.5. The first kappa shape index (κ1) is 8.68. The Bertz CT molecular complexity index is 455. The number of benzene rings is 1. The number of epoxide rings is 1. The summed E-state index contributed by atoms with van der Waals surface area (Å²) in [4.78, 5) is 11.8. The van der Waals surface area contributed by atoms with E-state index < -0.39 is 5.79 Å². The summed E-state index contributed by atoms with van der Waals surface area (Å²) in [5, 5.41) is 0. The molecule has 1 aromatic rings. The molecule has 3 heteroatoms. The second-order valence-electron chi connectivity index (χ2n) is 3.79. The van der Waals surface area contributed by atoms with Gasteiger partial charge in [-0.15, -0.1) is 0 Å². The van der Waals surface area contributed by atoms with Crippen molar-refractivity contribution in [2.45, 2.75) is 12.7 Å². The van der Waals surface area contributed by atoms with Crippen LogP contribution in [-0.2, 0) is 14.3 Å². The van der Waals surface area contributed by atoms with Crippen LogP contribution in [0, 0.1) is 0 Å². The summed E-state index contributed by atoms with van der Waals surface area (Å²) in [6.07, 6.45) is 0. The van der Waals surface area contributed by atoms with E-state index in [-0.39, 0.29) is 5.78 Å². The zero-order valence-electron chi connectivity index (χ0n) is 8.32. The number of hydrogen-bond donors (Lipinski definition) is 0. The molecule has 1 unspecified atom stereocenters. The molecule has 76 valence electrons. The van der Waals surface area contributed by atoms with Crippen molar-refractivity contribution in [3.8, 4) is 0 Å². The van der Waals surface area contributed by atoms with E-state index in [1.165, 1.54) is 0 Å². The molecule has 1 fully saturated rings. The molecular weight excluding hydrogens is 192 g/mol. The summed E-state index contributed by atoms with van der Waals surface area (Å²) in [5.41, 5.74) is 1.58. The van der Waals surface area contributed by atoms with E-state index in [1.54, 1.807) is 6.92 Å². The lowest BCUT2D eigenvalue weighted by Gasteiger charge is -2.06. The quantitative estimate of drug-likeness (QED) is 0.651. The standard InChI is InChI=1S/C12H10O3/c1-8-10(9-5-3-2-4-6-9)15-12(7-14-12)11(8)13/h2-6H,7H2,1H3. The molecule has 1 saturated heterocycles. The summed E-state index contributed by atoms with van der Waals surface area (Å²) in [6, 6.07) is 9.62. The van der Waals surface area contributed by atoms with Gasteiger partial charge in [0.25, 0.3) is 5.79 Å². The van der Waals surface area contributed by atoms with E-state index >= 15 is 0 Å². The van der Waals surface area contributed by atoms with Crippen LogP contribution in [0.25, 0.3) is 5.76 Å². The first-order valence-corrected chi connectivity index (χ1v) is 4.87. The predicted octanol–water partition coefficient (Wildman–Crippen LogP) is 1.74. The lowest BCUT2D eigenvalue weighted by Crippen LogP contribution is -2.20. The van der Waals surface area contributed by atoms with Crippen LogP contribution in [0.5, 0.6) is 0 Å². The first-order chi connectivity index (χ1) is 7.23. The van der Waals surface area contributed by atoms with Crippen molar-refractivity contribution in [2.24, 2.45) is 0 Å². The third kappa shape index (κ3) is 1.13. The van der Waals surface area contributed by atoms with Crippen molar-refractivity contribution >= 4 is 11.5 Å². The van der Waals surface area contributed by atoms with Crippen molar-refractivity contribution in [3.05, 3.63) is 41.5 Å². The molecular formula is C12H10O3. The molecule has 0 aromatic heterocycles. The van der Waals surface area contributed by atoms with E-state index in [9.17, 15) is 4.79 Å². The van der Waals surface area contributed by atoms with Crippen LogP contribution < -0.4 is 0 Å². The highest BCUT2D eigenvalue weighted by molar-refractivity contribution is 6.10. The summed E-state index contributed by atoms with van der Waals surface area (Å²) in [6.45, 7) is 2.15. The molecule has 2 aliphatic heterocycles. The Labute approximate surface area is 87.3 Å². The lowest BCUT2D eigenvalue weighted by atomic mass is 10.1. The Balaban J connectivity index is 2.04. The van der Waals surface area contributed by atoms with Crippen LogP contribution in [0.2, 0.25) is 0 Å². The second kappa shape index (κ2) is 2.70. The van der Waals surface area contributed by atoms with Crippen molar-refractivity contribution in [2.75, 3.05) is 6.61 Å². The van der Waals surface area contributed by atoms with Gasteiger partial charge in [0.05, 0.1) is 0 Å². The maximum absolute atomic E-state index is 11.8. The SMILES string of the molecule is CC1=C(c2ccccc2)OC2(CO2)C1=O. The Morgan fingerprint density at radius 2 is 1.93 bits per heavy atom. The number of carbonyl (C=O) groups is 1. The van der Waals surface area contributed by atoms with Crippen LogP contribution in [0.3, 0.4) is 0 Å². The third-order valence-electron chi connectivity index (χ3n) is 2.74. The minimum atomic E-state index is -0.963. The molecule has 0 saturated carbocycles. The van der Waals surface area contributed by atoms with E-state index in [4.69, 9.17) is 9.47 Å². The second-order valence-corrected chi connectivity index (χ2v) is 3.79.